The maximum absolute atomic E-state index is 11.4. The Kier molecular flexibility index (Phi) is 5.85. The molecule has 31 heavy (non-hydrogen) atoms. The van der Waals surface area contributed by atoms with Crippen LogP contribution in [0.1, 0.15) is 28.0 Å². The van der Waals surface area contributed by atoms with E-state index in [0.717, 1.165) is 22.8 Å². The topological polar surface area (TPSA) is 116 Å². The smallest absolute Gasteiger partial charge is 0.248 e. The van der Waals surface area contributed by atoms with Crippen LogP contribution in [0.15, 0.2) is 54.9 Å². The number of ether oxygens (including phenoxy) is 1. The average Bonchev–Trinajstić information content (AvgIpc) is 3.17. The second kappa shape index (κ2) is 8.88. The maximum Gasteiger partial charge on any atom is 0.248 e. The largest absolute Gasteiger partial charge is 0.444 e. The fraction of sp³-hybridized carbons (Fsp3) is 0.136. The molecule has 1 amide bonds. The van der Waals surface area contributed by atoms with Gasteiger partial charge < -0.3 is 15.8 Å². The molecular weight excluding hydrogens is 412 g/mol. The summed E-state index contributed by atoms with van der Waals surface area (Å²) in [5.41, 5.74) is 8.09. The van der Waals surface area contributed by atoms with Crippen molar-refractivity contribution in [3.63, 3.8) is 0 Å². The van der Waals surface area contributed by atoms with Crippen LogP contribution in [0.3, 0.4) is 0 Å². The number of carbonyl (C=O) groups excluding carboxylic acids is 1. The molecule has 0 aliphatic rings. The number of primary amides is 1. The Labute approximate surface area is 183 Å². The van der Waals surface area contributed by atoms with E-state index in [0.29, 0.717) is 33.7 Å². The zero-order valence-corrected chi connectivity index (χ0v) is 17.8. The van der Waals surface area contributed by atoms with Gasteiger partial charge in [-0.3, -0.25) is 9.78 Å². The van der Waals surface area contributed by atoms with E-state index < -0.39 is 5.91 Å². The highest BCUT2D eigenvalue weighted by molar-refractivity contribution is 7.14. The Hall–Kier alpha value is -3.85. The van der Waals surface area contributed by atoms with Gasteiger partial charge in [0.25, 0.3) is 0 Å². The first-order valence-corrected chi connectivity index (χ1v) is 10.4. The van der Waals surface area contributed by atoms with Crippen molar-refractivity contribution in [2.45, 2.75) is 20.3 Å². The summed E-state index contributed by atoms with van der Waals surface area (Å²) >= 11 is 1.49. The third-order valence-corrected chi connectivity index (χ3v) is 5.39. The summed E-state index contributed by atoms with van der Waals surface area (Å²) < 4.78 is 6.17. The average molecular weight is 433 g/mol. The predicted molar refractivity (Wildman–Crippen MR) is 120 cm³/mol. The minimum Gasteiger partial charge on any atom is -0.444 e. The van der Waals surface area contributed by atoms with Gasteiger partial charge >= 0.3 is 0 Å². The molecule has 4 heterocycles. The minimum atomic E-state index is -0.523. The molecule has 0 saturated heterocycles. The molecule has 156 valence electrons. The fourth-order valence-electron chi connectivity index (χ4n) is 2.84. The van der Waals surface area contributed by atoms with Crippen molar-refractivity contribution in [1.82, 2.24) is 19.9 Å². The number of aryl methyl sites for hydroxylation is 2. The van der Waals surface area contributed by atoms with Gasteiger partial charge in [-0.2, -0.15) is 0 Å². The molecule has 0 aliphatic heterocycles. The summed E-state index contributed by atoms with van der Waals surface area (Å²) in [6.45, 7) is 4.00. The van der Waals surface area contributed by atoms with Crippen LogP contribution < -0.4 is 15.8 Å². The molecule has 8 nitrogen and oxygen atoms in total. The summed E-state index contributed by atoms with van der Waals surface area (Å²) in [6.07, 6.45) is 3.94. The molecule has 0 spiro atoms. The molecule has 3 N–H and O–H groups in total. The van der Waals surface area contributed by atoms with Crippen molar-refractivity contribution in [3.05, 3.63) is 71.1 Å². The molecule has 0 radical (unpaired) electrons. The normalized spacial score (nSPS) is 10.6. The molecule has 0 aromatic carbocycles. The molecule has 0 saturated carbocycles. The van der Waals surface area contributed by atoms with Crippen LogP contribution in [0.2, 0.25) is 0 Å². The highest BCUT2D eigenvalue weighted by Gasteiger charge is 2.16. The van der Waals surface area contributed by atoms with Gasteiger partial charge in [0.2, 0.25) is 11.0 Å². The molecule has 4 aromatic heterocycles. The number of hydrogen-bond donors (Lipinski definition) is 2. The van der Waals surface area contributed by atoms with E-state index in [9.17, 15) is 4.79 Å². The number of thiazole rings is 1. The Balaban J connectivity index is 1.60. The van der Waals surface area contributed by atoms with Crippen LogP contribution in [0.25, 0.3) is 11.4 Å². The molecule has 0 atom stereocenters. The summed E-state index contributed by atoms with van der Waals surface area (Å²) in [5.74, 6) is 1.03. The number of pyridine rings is 3. The summed E-state index contributed by atoms with van der Waals surface area (Å²) in [7, 11) is 0. The maximum atomic E-state index is 11.4. The number of nitrogens with one attached hydrogen (secondary N) is 1. The van der Waals surface area contributed by atoms with Crippen molar-refractivity contribution in [2.75, 3.05) is 5.32 Å². The lowest BCUT2D eigenvalue weighted by Gasteiger charge is -2.09. The molecule has 0 bridgehead atoms. The summed E-state index contributed by atoms with van der Waals surface area (Å²) in [5, 5.41) is 4.69. The van der Waals surface area contributed by atoms with Crippen molar-refractivity contribution in [3.8, 4) is 22.2 Å². The molecule has 0 aliphatic carbocycles. The third kappa shape index (κ3) is 4.84. The van der Waals surface area contributed by atoms with Crippen LogP contribution in [0, 0.1) is 6.92 Å². The van der Waals surface area contributed by atoms with Gasteiger partial charge in [-0.05, 0) is 43.7 Å². The number of nitrogens with two attached hydrogens (primary N) is 1. The van der Waals surface area contributed by atoms with Gasteiger partial charge in [0.15, 0.2) is 0 Å². The highest BCUT2D eigenvalue weighted by atomic mass is 32.1. The van der Waals surface area contributed by atoms with Gasteiger partial charge in [0, 0.05) is 29.7 Å². The monoisotopic (exact) mass is 432 g/mol. The molecular formula is C22H20N6O2S. The van der Waals surface area contributed by atoms with Crippen molar-refractivity contribution >= 4 is 28.9 Å². The number of rotatable bonds is 7. The van der Waals surface area contributed by atoms with Crippen LogP contribution in [0.4, 0.5) is 11.6 Å². The van der Waals surface area contributed by atoms with E-state index in [1.165, 1.54) is 17.5 Å². The first-order valence-electron chi connectivity index (χ1n) is 9.62. The minimum absolute atomic E-state index is 0.358. The van der Waals surface area contributed by atoms with Crippen LogP contribution in [0.5, 0.6) is 10.8 Å². The van der Waals surface area contributed by atoms with Gasteiger partial charge in [0.05, 0.1) is 10.7 Å². The zero-order valence-electron chi connectivity index (χ0n) is 17.0. The van der Waals surface area contributed by atoms with Gasteiger partial charge in [-0.25, -0.2) is 15.0 Å². The summed E-state index contributed by atoms with van der Waals surface area (Å²) in [6, 6.07) is 12.4. The first-order chi connectivity index (χ1) is 15.0. The van der Waals surface area contributed by atoms with E-state index in [2.05, 4.69) is 27.2 Å². The van der Waals surface area contributed by atoms with E-state index >= 15 is 0 Å². The number of anilines is 2. The Morgan fingerprint density at radius 3 is 2.61 bits per heavy atom. The molecule has 0 unspecified atom stereocenters. The van der Waals surface area contributed by atoms with Crippen LogP contribution in [-0.4, -0.2) is 25.8 Å². The van der Waals surface area contributed by atoms with Crippen LogP contribution >= 0.6 is 11.3 Å². The molecule has 0 fully saturated rings. The lowest BCUT2D eigenvalue weighted by molar-refractivity contribution is 0.1000. The number of aromatic nitrogens is 4. The Bertz CT molecular complexity index is 1240. The van der Waals surface area contributed by atoms with Gasteiger partial charge in [-0.1, -0.05) is 24.3 Å². The predicted octanol–water partition coefficient (Wildman–Crippen LogP) is 4.50. The Morgan fingerprint density at radius 2 is 1.87 bits per heavy atom. The summed E-state index contributed by atoms with van der Waals surface area (Å²) in [4.78, 5) is 29.1. The fourth-order valence-corrected chi connectivity index (χ4v) is 3.72. The number of hydrogen-bond acceptors (Lipinski definition) is 8. The van der Waals surface area contributed by atoms with Crippen molar-refractivity contribution < 1.29 is 9.53 Å². The van der Waals surface area contributed by atoms with Crippen molar-refractivity contribution in [1.29, 1.82) is 0 Å². The van der Waals surface area contributed by atoms with E-state index in [1.54, 1.807) is 30.5 Å². The van der Waals surface area contributed by atoms with Gasteiger partial charge in [0.1, 0.15) is 23.1 Å². The second-order valence-corrected chi connectivity index (χ2v) is 7.71. The number of amides is 1. The quantitative estimate of drug-likeness (QED) is 0.442. The third-order valence-electron chi connectivity index (χ3n) is 4.32. The van der Waals surface area contributed by atoms with E-state index in [-0.39, 0.29) is 0 Å². The number of carbonyl (C=O) groups is 1. The lowest BCUT2D eigenvalue weighted by Crippen LogP contribution is -2.11. The zero-order chi connectivity index (χ0) is 21.8. The number of nitrogens with zero attached hydrogens (tertiary/aromatic N) is 4. The van der Waals surface area contributed by atoms with E-state index in [4.69, 9.17) is 15.5 Å². The molecule has 4 aromatic rings. The SMILES string of the molecule is CCc1nc(-c2cccc(C)n2)c(Oc2ccnc(Nc3cc(C(N)=O)ccn3)c2)s1. The molecule has 9 heteroatoms. The molecule has 4 rings (SSSR count). The first kappa shape index (κ1) is 20.4. The lowest BCUT2D eigenvalue weighted by atomic mass is 10.2. The van der Waals surface area contributed by atoms with Crippen molar-refractivity contribution in [2.24, 2.45) is 5.73 Å². The highest BCUT2D eigenvalue weighted by Crippen LogP contribution is 2.38. The van der Waals surface area contributed by atoms with Gasteiger partial charge in [-0.15, -0.1) is 0 Å². The Morgan fingerprint density at radius 1 is 1.10 bits per heavy atom. The van der Waals surface area contributed by atoms with Crippen LogP contribution in [-0.2, 0) is 6.42 Å². The van der Waals surface area contributed by atoms with E-state index in [1.807, 2.05) is 25.1 Å². The second-order valence-electron chi connectivity index (χ2n) is 6.66. The standard InChI is InChI=1S/C22H20N6O2S/c1-3-19-28-20(16-6-4-5-13(2)26-16)22(31-19)30-15-8-10-25-18(12-15)27-17-11-14(21(23)29)7-9-24-17/h4-12H,3H2,1-2H3,(H2,23,29)(H,24,25,27).